The fraction of sp³-hybridized carbons (Fsp3) is 0.214. The normalized spacial score (nSPS) is 10.2. The van der Waals surface area contributed by atoms with Gasteiger partial charge in [0.05, 0.1) is 14.2 Å². The Morgan fingerprint density at radius 2 is 1.83 bits per heavy atom. The highest BCUT2D eigenvalue weighted by atomic mass is 16.5. The Morgan fingerprint density at radius 1 is 1.11 bits per heavy atom. The molecule has 2 rings (SSSR count). The van der Waals surface area contributed by atoms with E-state index in [4.69, 9.17) is 15.2 Å². The molecule has 0 aliphatic rings. The summed E-state index contributed by atoms with van der Waals surface area (Å²) in [5, 5.41) is 0. The molecular formula is C14H16N2O2. The second-order valence-corrected chi connectivity index (χ2v) is 3.82. The van der Waals surface area contributed by atoms with Gasteiger partial charge in [-0.25, -0.2) is 0 Å². The van der Waals surface area contributed by atoms with E-state index in [0.717, 1.165) is 16.7 Å². The molecule has 0 bridgehead atoms. The smallest absolute Gasteiger partial charge is 0.168 e. The quantitative estimate of drug-likeness (QED) is 0.896. The summed E-state index contributed by atoms with van der Waals surface area (Å²) in [6.45, 7) is 0.457. The highest BCUT2D eigenvalue weighted by Crippen LogP contribution is 2.38. The fourth-order valence-corrected chi connectivity index (χ4v) is 1.89. The van der Waals surface area contributed by atoms with Crippen LogP contribution in [0.25, 0.3) is 11.1 Å². The first-order valence-corrected chi connectivity index (χ1v) is 5.65. The van der Waals surface area contributed by atoms with Gasteiger partial charge in [-0.1, -0.05) is 0 Å². The highest BCUT2D eigenvalue weighted by Gasteiger charge is 2.13. The molecule has 0 fully saturated rings. The number of hydrogen-bond donors (Lipinski definition) is 1. The van der Waals surface area contributed by atoms with Gasteiger partial charge in [0.2, 0.25) is 0 Å². The van der Waals surface area contributed by atoms with E-state index < -0.39 is 0 Å². The van der Waals surface area contributed by atoms with Gasteiger partial charge in [-0.05, 0) is 35.4 Å². The minimum Gasteiger partial charge on any atom is -0.493 e. The number of rotatable bonds is 4. The van der Waals surface area contributed by atoms with Crippen molar-refractivity contribution in [3.63, 3.8) is 0 Å². The summed E-state index contributed by atoms with van der Waals surface area (Å²) < 4.78 is 10.8. The summed E-state index contributed by atoms with van der Waals surface area (Å²) in [7, 11) is 3.25. The van der Waals surface area contributed by atoms with Gasteiger partial charge in [-0.15, -0.1) is 0 Å². The number of methoxy groups -OCH3 is 2. The molecule has 2 N–H and O–H groups in total. The van der Waals surface area contributed by atoms with Crippen LogP contribution in [0.5, 0.6) is 11.5 Å². The number of aromatic nitrogens is 1. The summed E-state index contributed by atoms with van der Waals surface area (Å²) >= 11 is 0. The predicted molar refractivity (Wildman–Crippen MR) is 70.7 cm³/mol. The molecule has 2 aromatic rings. The van der Waals surface area contributed by atoms with Gasteiger partial charge in [0.15, 0.2) is 11.5 Å². The molecule has 1 aromatic heterocycles. The van der Waals surface area contributed by atoms with Crippen LogP contribution < -0.4 is 15.2 Å². The number of nitrogens with zero attached hydrogens (tertiary/aromatic N) is 1. The standard InChI is InChI=1S/C14H16N2O2/c1-17-13-8-10(9-15)7-12(14(13)18-2)11-3-5-16-6-4-11/h3-8H,9,15H2,1-2H3. The lowest BCUT2D eigenvalue weighted by Gasteiger charge is -2.14. The largest absolute Gasteiger partial charge is 0.493 e. The summed E-state index contributed by atoms with van der Waals surface area (Å²) in [5.41, 5.74) is 8.68. The average Bonchev–Trinajstić information content (AvgIpc) is 2.46. The molecule has 0 aliphatic heterocycles. The van der Waals surface area contributed by atoms with Crippen LogP contribution in [0.3, 0.4) is 0 Å². The molecule has 0 aliphatic carbocycles. The molecular weight excluding hydrogens is 228 g/mol. The zero-order chi connectivity index (χ0) is 13.0. The van der Waals surface area contributed by atoms with Crippen molar-refractivity contribution in [1.29, 1.82) is 0 Å². The van der Waals surface area contributed by atoms with Gasteiger partial charge >= 0.3 is 0 Å². The van der Waals surface area contributed by atoms with Gasteiger partial charge in [0.25, 0.3) is 0 Å². The molecule has 0 spiro atoms. The van der Waals surface area contributed by atoms with Crippen LogP contribution in [0.4, 0.5) is 0 Å². The van der Waals surface area contributed by atoms with Crippen molar-refractivity contribution in [2.45, 2.75) is 6.54 Å². The van der Waals surface area contributed by atoms with Crippen molar-refractivity contribution < 1.29 is 9.47 Å². The molecule has 0 saturated heterocycles. The number of hydrogen-bond acceptors (Lipinski definition) is 4. The molecule has 0 amide bonds. The second kappa shape index (κ2) is 5.51. The maximum absolute atomic E-state index is 5.70. The monoisotopic (exact) mass is 244 g/mol. The van der Waals surface area contributed by atoms with Crippen LogP contribution in [-0.4, -0.2) is 19.2 Å². The fourth-order valence-electron chi connectivity index (χ4n) is 1.89. The van der Waals surface area contributed by atoms with Crippen LogP contribution in [0.15, 0.2) is 36.7 Å². The molecule has 1 heterocycles. The van der Waals surface area contributed by atoms with Crippen molar-refractivity contribution in [3.8, 4) is 22.6 Å². The Labute approximate surface area is 106 Å². The van der Waals surface area contributed by atoms with Crippen molar-refractivity contribution in [2.75, 3.05) is 14.2 Å². The third kappa shape index (κ3) is 2.28. The Kier molecular flexibility index (Phi) is 3.79. The lowest BCUT2D eigenvalue weighted by atomic mass is 10.0. The van der Waals surface area contributed by atoms with E-state index >= 15 is 0 Å². The van der Waals surface area contributed by atoms with E-state index in [-0.39, 0.29) is 0 Å². The molecule has 0 atom stereocenters. The minimum absolute atomic E-state index is 0.457. The Bertz CT molecular complexity index is 527. The topological polar surface area (TPSA) is 57.4 Å². The summed E-state index contributed by atoms with van der Waals surface area (Å²) in [6.07, 6.45) is 3.49. The number of pyridine rings is 1. The van der Waals surface area contributed by atoms with Crippen LogP contribution in [0.2, 0.25) is 0 Å². The van der Waals surface area contributed by atoms with Crippen molar-refractivity contribution in [2.24, 2.45) is 5.73 Å². The van der Waals surface area contributed by atoms with Gasteiger partial charge < -0.3 is 15.2 Å². The third-order valence-corrected chi connectivity index (χ3v) is 2.77. The van der Waals surface area contributed by atoms with Gasteiger partial charge in [-0.2, -0.15) is 0 Å². The molecule has 4 nitrogen and oxygen atoms in total. The summed E-state index contributed by atoms with van der Waals surface area (Å²) in [5.74, 6) is 1.40. The SMILES string of the molecule is COc1cc(CN)cc(-c2ccncc2)c1OC. The van der Waals surface area contributed by atoms with Crippen LogP contribution >= 0.6 is 0 Å². The number of nitrogens with two attached hydrogens (primary N) is 1. The first-order chi connectivity index (χ1) is 8.80. The lowest BCUT2D eigenvalue weighted by Crippen LogP contribution is -2.00. The average molecular weight is 244 g/mol. The summed E-state index contributed by atoms with van der Waals surface area (Å²) in [4.78, 5) is 4.01. The Hall–Kier alpha value is -2.07. The van der Waals surface area contributed by atoms with Crippen LogP contribution in [-0.2, 0) is 6.54 Å². The molecule has 18 heavy (non-hydrogen) atoms. The third-order valence-electron chi connectivity index (χ3n) is 2.77. The maximum atomic E-state index is 5.70. The van der Waals surface area contributed by atoms with Crippen molar-refractivity contribution >= 4 is 0 Å². The van der Waals surface area contributed by atoms with E-state index in [1.807, 2.05) is 24.3 Å². The second-order valence-electron chi connectivity index (χ2n) is 3.82. The predicted octanol–water partition coefficient (Wildman–Crippen LogP) is 2.22. The van der Waals surface area contributed by atoms with E-state index in [2.05, 4.69) is 4.98 Å². The number of ether oxygens (including phenoxy) is 2. The van der Waals surface area contributed by atoms with Crippen LogP contribution in [0, 0.1) is 0 Å². The lowest BCUT2D eigenvalue weighted by molar-refractivity contribution is 0.355. The maximum Gasteiger partial charge on any atom is 0.168 e. The van der Waals surface area contributed by atoms with E-state index in [1.54, 1.807) is 26.6 Å². The van der Waals surface area contributed by atoms with Crippen molar-refractivity contribution in [1.82, 2.24) is 4.98 Å². The van der Waals surface area contributed by atoms with Gasteiger partial charge in [0.1, 0.15) is 0 Å². The zero-order valence-corrected chi connectivity index (χ0v) is 10.5. The molecule has 0 unspecified atom stereocenters. The minimum atomic E-state index is 0.457. The zero-order valence-electron chi connectivity index (χ0n) is 10.5. The molecule has 0 saturated carbocycles. The van der Waals surface area contributed by atoms with Gasteiger partial charge in [0, 0.05) is 24.5 Å². The number of benzene rings is 1. The Morgan fingerprint density at radius 3 is 2.39 bits per heavy atom. The Balaban J connectivity index is 2.64. The molecule has 1 aromatic carbocycles. The highest BCUT2D eigenvalue weighted by molar-refractivity contribution is 5.74. The van der Waals surface area contributed by atoms with Crippen LogP contribution in [0.1, 0.15) is 5.56 Å². The van der Waals surface area contributed by atoms with E-state index in [0.29, 0.717) is 18.0 Å². The van der Waals surface area contributed by atoms with Crippen molar-refractivity contribution in [3.05, 3.63) is 42.2 Å². The summed E-state index contributed by atoms with van der Waals surface area (Å²) in [6, 6.07) is 7.76. The first-order valence-electron chi connectivity index (χ1n) is 5.65. The first kappa shape index (κ1) is 12.4. The molecule has 94 valence electrons. The van der Waals surface area contributed by atoms with E-state index in [1.165, 1.54) is 0 Å². The van der Waals surface area contributed by atoms with Gasteiger partial charge in [-0.3, -0.25) is 4.98 Å². The molecule has 4 heteroatoms. The molecule has 0 radical (unpaired) electrons. The van der Waals surface area contributed by atoms with E-state index in [9.17, 15) is 0 Å².